The van der Waals surface area contributed by atoms with Gasteiger partial charge in [-0.1, -0.05) is 25.6 Å². The predicted octanol–water partition coefficient (Wildman–Crippen LogP) is 2.09. The van der Waals surface area contributed by atoms with Crippen LogP contribution in [0, 0.1) is 4.64 Å². The summed E-state index contributed by atoms with van der Waals surface area (Å²) in [6, 6.07) is 3.83. The highest BCUT2D eigenvalue weighted by atomic mass is 32.1. The summed E-state index contributed by atoms with van der Waals surface area (Å²) < 4.78 is 0.694. The van der Waals surface area contributed by atoms with Crippen LogP contribution >= 0.6 is 12.2 Å². The van der Waals surface area contributed by atoms with Crippen molar-refractivity contribution in [2.75, 3.05) is 0 Å². The number of aromatic nitrogens is 2. The van der Waals surface area contributed by atoms with E-state index in [4.69, 9.17) is 12.2 Å². The minimum Gasteiger partial charge on any atom is -0.268 e. The van der Waals surface area contributed by atoms with Crippen LogP contribution in [0.2, 0.25) is 0 Å². The molecule has 0 aliphatic heterocycles. The summed E-state index contributed by atoms with van der Waals surface area (Å²) in [6.45, 7) is 2.13. The maximum atomic E-state index is 4.84. The molecule has 1 aromatic rings. The molecule has 54 valence electrons. The van der Waals surface area contributed by atoms with Crippen LogP contribution in [0.5, 0.6) is 0 Å². The van der Waals surface area contributed by atoms with Crippen molar-refractivity contribution in [3.05, 3.63) is 22.5 Å². The van der Waals surface area contributed by atoms with Crippen LogP contribution in [-0.2, 0) is 6.42 Å². The van der Waals surface area contributed by atoms with E-state index in [0.717, 1.165) is 18.5 Å². The van der Waals surface area contributed by atoms with Crippen molar-refractivity contribution in [3.8, 4) is 0 Å². The van der Waals surface area contributed by atoms with Crippen molar-refractivity contribution >= 4 is 12.2 Å². The largest absolute Gasteiger partial charge is 0.268 e. The molecule has 10 heavy (non-hydrogen) atoms. The van der Waals surface area contributed by atoms with Crippen LogP contribution in [0.3, 0.4) is 0 Å². The van der Waals surface area contributed by atoms with Gasteiger partial charge in [-0.3, -0.25) is 5.10 Å². The highest BCUT2D eigenvalue weighted by Gasteiger charge is 1.88. The molecule has 0 radical (unpaired) electrons. The molecule has 1 aromatic heterocycles. The minimum absolute atomic E-state index is 0.694. The van der Waals surface area contributed by atoms with Crippen LogP contribution in [-0.4, -0.2) is 10.2 Å². The van der Waals surface area contributed by atoms with Crippen molar-refractivity contribution < 1.29 is 0 Å². The van der Waals surface area contributed by atoms with E-state index in [1.165, 1.54) is 0 Å². The molecule has 2 nitrogen and oxygen atoms in total. The van der Waals surface area contributed by atoms with E-state index >= 15 is 0 Å². The van der Waals surface area contributed by atoms with Gasteiger partial charge in [0.05, 0.1) is 5.69 Å². The van der Waals surface area contributed by atoms with Gasteiger partial charge in [-0.05, 0) is 18.6 Å². The van der Waals surface area contributed by atoms with Gasteiger partial charge >= 0.3 is 0 Å². The van der Waals surface area contributed by atoms with Crippen LogP contribution in [0.25, 0.3) is 0 Å². The van der Waals surface area contributed by atoms with E-state index in [9.17, 15) is 0 Å². The van der Waals surface area contributed by atoms with E-state index in [-0.39, 0.29) is 0 Å². The fraction of sp³-hybridized carbons (Fsp3) is 0.429. The van der Waals surface area contributed by atoms with Crippen LogP contribution < -0.4 is 0 Å². The smallest absolute Gasteiger partial charge is 0.119 e. The Balaban J connectivity index is 2.79. The normalized spacial score (nSPS) is 9.70. The standard InChI is InChI=1S/C7H10N2S/c1-2-3-6-4-5-7(10)9-8-6/h4-5H,2-3H2,1H3,(H,9,10). The number of rotatable bonds is 2. The molecule has 0 aromatic carbocycles. The third-order valence-corrected chi connectivity index (χ3v) is 1.47. The van der Waals surface area contributed by atoms with E-state index < -0.39 is 0 Å². The number of hydrogen-bond acceptors (Lipinski definition) is 2. The topological polar surface area (TPSA) is 28.7 Å². The second-order valence-electron chi connectivity index (χ2n) is 2.16. The fourth-order valence-electron chi connectivity index (χ4n) is 0.769. The van der Waals surface area contributed by atoms with E-state index in [0.29, 0.717) is 4.64 Å². The third-order valence-electron chi connectivity index (χ3n) is 1.24. The average Bonchev–Trinajstić information content (AvgIpc) is 1.95. The molecule has 0 bridgehead atoms. The molecule has 3 heteroatoms. The number of hydrogen-bond donors (Lipinski definition) is 1. The van der Waals surface area contributed by atoms with Gasteiger partial charge in [0.25, 0.3) is 0 Å². The lowest BCUT2D eigenvalue weighted by Crippen LogP contribution is -1.90. The highest BCUT2D eigenvalue weighted by Crippen LogP contribution is 1.95. The average molecular weight is 154 g/mol. The summed E-state index contributed by atoms with van der Waals surface area (Å²) in [5, 5.41) is 6.79. The Bertz CT molecular complexity index is 234. The van der Waals surface area contributed by atoms with Crippen molar-refractivity contribution in [2.45, 2.75) is 19.8 Å². The zero-order chi connectivity index (χ0) is 7.40. The number of aromatic amines is 1. The molecule has 1 rings (SSSR count). The van der Waals surface area contributed by atoms with Gasteiger partial charge < -0.3 is 0 Å². The Morgan fingerprint density at radius 1 is 1.60 bits per heavy atom. The third kappa shape index (κ3) is 1.92. The first kappa shape index (κ1) is 7.41. The van der Waals surface area contributed by atoms with Crippen LogP contribution in [0.4, 0.5) is 0 Å². The van der Waals surface area contributed by atoms with E-state index in [1.54, 1.807) is 0 Å². The van der Waals surface area contributed by atoms with Gasteiger partial charge in [-0.2, -0.15) is 5.10 Å². The fourth-order valence-corrected chi connectivity index (χ4v) is 0.882. The molecule has 0 saturated carbocycles. The van der Waals surface area contributed by atoms with Gasteiger partial charge in [-0.15, -0.1) is 0 Å². The molecule has 1 N–H and O–H groups in total. The minimum atomic E-state index is 0.694. The molecule has 0 spiro atoms. The summed E-state index contributed by atoms with van der Waals surface area (Å²) in [7, 11) is 0. The first-order valence-corrected chi connectivity index (χ1v) is 3.78. The quantitative estimate of drug-likeness (QED) is 0.661. The molecular weight excluding hydrogens is 144 g/mol. The van der Waals surface area contributed by atoms with Gasteiger partial charge in [0.1, 0.15) is 4.64 Å². The number of nitrogens with zero attached hydrogens (tertiary/aromatic N) is 1. The van der Waals surface area contributed by atoms with Crippen molar-refractivity contribution in [2.24, 2.45) is 0 Å². The zero-order valence-corrected chi connectivity index (χ0v) is 6.74. The summed E-state index contributed by atoms with van der Waals surface area (Å²) in [5.41, 5.74) is 1.08. The SMILES string of the molecule is CCCc1ccc(=S)[nH]n1. The molecular formula is C7H10N2S. The number of H-pyrrole nitrogens is 1. The lowest BCUT2D eigenvalue weighted by molar-refractivity contribution is 0.835. The Morgan fingerprint density at radius 3 is 2.90 bits per heavy atom. The molecule has 0 aliphatic carbocycles. The van der Waals surface area contributed by atoms with Crippen molar-refractivity contribution in [3.63, 3.8) is 0 Å². The van der Waals surface area contributed by atoms with Gasteiger partial charge in [-0.25, -0.2) is 0 Å². The summed E-state index contributed by atoms with van der Waals surface area (Å²) >= 11 is 4.84. The first-order valence-electron chi connectivity index (χ1n) is 3.37. The molecule has 1 heterocycles. The highest BCUT2D eigenvalue weighted by molar-refractivity contribution is 7.71. The lowest BCUT2D eigenvalue weighted by atomic mass is 10.2. The second kappa shape index (κ2) is 3.46. The Kier molecular flexibility index (Phi) is 2.57. The monoisotopic (exact) mass is 154 g/mol. The van der Waals surface area contributed by atoms with Gasteiger partial charge in [0, 0.05) is 0 Å². The molecule has 0 atom stereocenters. The molecule has 0 saturated heterocycles. The van der Waals surface area contributed by atoms with Crippen molar-refractivity contribution in [1.29, 1.82) is 0 Å². The second-order valence-corrected chi connectivity index (χ2v) is 2.60. The molecule has 0 aliphatic rings. The predicted molar refractivity (Wildman–Crippen MR) is 43.4 cm³/mol. The first-order chi connectivity index (χ1) is 4.83. The van der Waals surface area contributed by atoms with Crippen LogP contribution in [0.1, 0.15) is 19.0 Å². The maximum absolute atomic E-state index is 4.84. The van der Waals surface area contributed by atoms with E-state index in [2.05, 4.69) is 17.1 Å². The number of nitrogens with one attached hydrogen (secondary N) is 1. The molecule has 0 amide bonds. The van der Waals surface area contributed by atoms with Gasteiger partial charge in [0.15, 0.2) is 0 Å². The lowest BCUT2D eigenvalue weighted by Gasteiger charge is -1.93. The Hall–Kier alpha value is -0.700. The van der Waals surface area contributed by atoms with E-state index in [1.807, 2.05) is 12.1 Å². The zero-order valence-electron chi connectivity index (χ0n) is 5.92. The summed E-state index contributed by atoms with van der Waals surface area (Å²) in [4.78, 5) is 0. The van der Waals surface area contributed by atoms with Gasteiger partial charge in [0.2, 0.25) is 0 Å². The molecule has 0 fully saturated rings. The summed E-state index contributed by atoms with van der Waals surface area (Å²) in [6.07, 6.45) is 2.14. The number of aryl methyl sites for hydroxylation is 1. The molecule has 0 unspecified atom stereocenters. The van der Waals surface area contributed by atoms with Crippen LogP contribution in [0.15, 0.2) is 12.1 Å². The Labute approximate surface area is 65.3 Å². The Morgan fingerprint density at radius 2 is 2.40 bits per heavy atom. The maximum Gasteiger partial charge on any atom is 0.119 e. The summed E-state index contributed by atoms with van der Waals surface area (Å²) in [5.74, 6) is 0. The van der Waals surface area contributed by atoms with Crippen molar-refractivity contribution in [1.82, 2.24) is 10.2 Å².